The molecule has 4 nitrogen and oxygen atoms in total. The van der Waals surface area contributed by atoms with E-state index in [9.17, 15) is 9.59 Å². The molecule has 0 saturated heterocycles. The van der Waals surface area contributed by atoms with Crippen LogP contribution in [0.15, 0.2) is 0 Å². The number of carboxylic acids is 1. The van der Waals surface area contributed by atoms with E-state index in [1.54, 1.807) is 6.92 Å². The van der Waals surface area contributed by atoms with Gasteiger partial charge in [-0.15, -0.1) is 0 Å². The molecule has 14 heavy (non-hydrogen) atoms. The van der Waals surface area contributed by atoms with Crippen LogP contribution in [0.4, 0.5) is 0 Å². The van der Waals surface area contributed by atoms with Gasteiger partial charge in [0, 0.05) is 6.42 Å². The zero-order chi connectivity index (χ0) is 11.2. The molecule has 0 fully saturated rings. The molecule has 0 aromatic carbocycles. The highest BCUT2D eigenvalue weighted by atomic mass is 16.4. The maximum Gasteiger partial charge on any atom is 0.329 e. The predicted molar refractivity (Wildman–Crippen MR) is 54.0 cm³/mol. The van der Waals surface area contributed by atoms with Crippen molar-refractivity contribution in [3.05, 3.63) is 0 Å². The van der Waals surface area contributed by atoms with E-state index in [1.165, 1.54) is 0 Å². The quantitative estimate of drug-likeness (QED) is 0.685. The molecule has 0 radical (unpaired) electrons. The number of carbonyl (C=O) groups excluding carboxylic acids is 1. The first-order valence-corrected chi connectivity index (χ1v) is 5.00. The third-order valence-electron chi connectivity index (χ3n) is 2.11. The number of hydrogen-bond donors (Lipinski definition) is 2. The monoisotopic (exact) mass is 201 g/mol. The van der Waals surface area contributed by atoms with E-state index in [4.69, 9.17) is 5.11 Å². The van der Waals surface area contributed by atoms with Crippen LogP contribution < -0.4 is 5.32 Å². The van der Waals surface area contributed by atoms with Crippen LogP contribution in [0.25, 0.3) is 0 Å². The Morgan fingerprint density at radius 2 is 1.86 bits per heavy atom. The third kappa shape index (κ3) is 3.77. The van der Waals surface area contributed by atoms with Gasteiger partial charge in [0.2, 0.25) is 5.91 Å². The van der Waals surface area contributed by atoms with Crippen molar-refractivity contribution < 1.29 is 14.7 Å². The number of carbonyl (C=O) groups is 2. The highest BCUT2D eigenvalue weighted by Crippen LogP contribution is 2.12. The van der Waals surface area contributed by atoms with Crippen molar-refractivity contribution in [2.45, 2.75) is 52.0 Å². The second-order valence-corrected chi connectivity index (χ2v) is 3.69. The van der Waals surface area contributed by atoms with Crippen LogP contribution in [-0.4, -0.2) is 22.5 Å². The Bertz CT molecular complexity index is 215. The van der Waals surface area contributed by atoms with E-state index in [1.807, 2.05) is 13.8 Å². The smallest absolute Gasteiger partial charge is 0.329 e. The Morgan fingerprint density at radius 1 is 1.29 bits per heavy atom. The zero-order valence-corrected chi connectivity index (χ0v) is 9.09. The average molecular weight is 201 g/mol. The molecule has 0 bridgehead atoms. The van der Waals surface area contributed by atoms with Crippen molar-refractivity contribution in [1.29, 1.82) is 0 Å². The van der Waals surface area contributed by atoms with Crippen molar-refractivity contribution >= 4 is 11.9 Å². The van der Waals surface area contributed by atoms with Crippen LogP contribution in [0.1, 0.15) is 46.5 Å². The van der Waals surface area contributed by atoms with Crippen LogP contribution in [0.5, 0.6) is 0 Å². The molecule has 0 aromatic rings. The molecule has 0 spiro atoms. The fourth-order valence-corrected chi connectivity index (χ4v) is 1.32. The minimum Gasteiger partial charge on any atom is -0.480 e. The molecule has 0 aliphatic carbocycles. The second kappa shape index (κ2) is 5.62. The normalized spacial score (nSPS) is 14.5. The summed E-state index contributed by atoms with van der Waals surface area (Å²) in [6.45, 7) is 5.33. The first kappa shape index (κ1) is 12.9. The van der Waals surface area contributed by atoms with Gasteiger partial charge in [-0.3, -0.25) is 4.79 Å². The zero-order valence-electron chi connectivity index (χ0n) is 9.09. The van der Waals surface area contributed by atoms with Gasteiger partial charge >= 0.3 is 5.97 Å². The van der Waals surface area contributed by atoms with Gasteiger partial charge < -0.3 is 10.4 Å². The Balaban J connectivity index is 4.36. The molecule has 0 aromatic heterocycles. The van der Waals surface area contributed by atoms with Crippen LogP contribution in [0.3, 0.4) is 0 Å². The summed E-state index contributed by atoms with van der Waals surface area (Å²) in [7, 11) is 0. The lowest BCUT2D eigenvalue weighted by atomic mass is 9.96. The molecule has 0 aliphatic rings. The summed E-state index contributed by atoms with van der Waals surface area (Å²) < 4.78 is 0. The van der Waals surface area contributed by atoms with Gasteiger partial charge in [0.05, 0.1) is 0 Å². The summed E-state index contributed by atoms with van der Waals surface area (Å²) in [5.41, 5.74) is -1.11. The van der Waals surface area contributed by atoms with E-state index < -0.39 is 11.5 Å². The third-order valence-corrected chi connectivity index (χ3v) is 2.11. The fourth-order valence-electron chi connectivity index (χ4n) is 1.32. The predicted octanol–water partition coefficient (Wildman–Crippen LogP) is 1.55. The Kier molecular flexibility index (Phi) is 5.20. The molecule has 0 heterocycles. The number of amides is 1. The largest absolute Gasteiger partial charge is 0.480 e. The van der Waals surface area contributed by atoms with Gasteiger partial charge in [-0.2, -0.15) is 0 Å². The van der Waals surface area contributed by atoms with E-state index in [0.29, 0.717) is 12.8 Å². The number of hydrogen-bond acceptors (Lipinski definition) is 2. The molecule has 1 atom stereocenters. The molecule has 82 valence electrons. The Morgan fingerprint density at radius 3 is 2.21 bits per heavy atom. The minimum absolute atomic E-state index is 0.189. The van der Waals surface area contributed by atoms with Crippen molar-refractivity contribution in [2.24, 2.45) is 0 Å². The average Bonchev–Trinajstić information content (AvgIpc) is 2.04. The van der Waals surface area contributed by atoms with E-state index >= 15 is 0 Å². The summed E-state index contributed by atoms with van der Waals surface area (Å²) in [5.74, 6) is -1.16. The molecule has 2 N–H and O–H groups in total. The summed E-state index contributed by atoms with van der Waals surface area (Å²) in [6.07, 6.45) is 2.30. The topological polar surface area (TPSA) is 66.4 Å². The maximum atomic E-state index is 11.3. The number of rotatable bonds is 6. The van der Waals surface area contributed by atoms with Crippen molar-refractivity contribution in [2.75, 3.05) is 0 Å². The van der Waals surface area contributed by atoms with Gasteiger partial charge in [0.15, 0.2) is 0 Å². The molecule has 1 amide bonds. The van der Waals surface area contributed by atoms with Crippen molar-refractivity contribution in [3.8, 4) is 0 Å². The summed E-state index contributed by atoms with van der Waals surface area (Å²) in [5, 5.41) is 11.5. The van der Waals surface area contributed by atoms with Crippen LogP contribution in [0, 0.1) is 0 Å². The van der Waals surface area contributed by atoms with E-state index in [0.717, 1.165) is 12.8 Å². The van der Waals surface area contributed by atoms with Crippen LogP contribution >= 0.6 is 0 Å². The molecule has 0 saturated carbocycles. The van der Waals surface area contributed by atoms with Gasteiger partial charge in [-0.1, -0.05) is 20.3 Å². The first-order valence-electron chi connectivity index (χ1n) is 5.00. The standard InChI is InChI=1S/C10H19NO3/c1-4-6-8(12)11-10(3,7-5-2)9(13)14/h4-7H2,1-3H3,(H,11,12)(H,13,14). The van der Waals surface area contributed by atoms with Gasteiger partial charge in [0.25, 0.3) is 0 Å². The SMILES string of the molecule is CCCC(=O)NC(C)(CCC)C(=O)O. The van der Waals surface area contributed by atoms with Crippen molar-refractivity contribution in [1.82, 2.24) is 5.32 Å². The molecular weight excluding hydrogens is 182 g/mol. The lowest BCUT2D eigenvalue weighted by molar-refractivity contribution is -0.147. The van der Waals surface area contributed by atoms with Gasteiger partial charge in [-0.05, 0) is 19.8 Å². The molecule has 0 rings (SSSR count). The Hall–Kier alpha value is -1.06. The number of aliphatic carboxylic acids is 1. The maximum absolute atomic E-state index is 11.3. The first-order chi connectivity index (χ1) is 6.46. The van der Waals surface area contributed by atoms with Gasteiger partial charge in [-0.25, -0.2) is 4.79 Å². The van der Waals surface area contributed by atoms with Crippen LogP contribution in [0.2, 0.25) is 0 Å². The molecule has 1 unspecified atom stereocenters. The fraction of sp³-hybridized carbons (Fsp3) is 0.800. The highest BCUT2D eigenvalue weighted by Gasteiger charge is 2.33. The van der Waals surface area contributed by atoms with Crippen molar-refractivity contribution in [3.63, 3.8) is 0 Å². The molecular formula is C10H19NO3. The van der Waals surface area contributed by atoms with Gasteiger partial charge in [0.1, 0.15) is 5.54 Å². The lowest BCUT2D eigenvalue weighted by Crippen LogP contribution is -2.52. The minimum atomic E-state index is -1.11. The van der Waals surface area contributed by atoms with E-state index in [2.05, 4.69) is 5.32 Å². The number of nitrogens with one attached hydrogen (secondary N) is 1. The second-order valence-electron chi connectivity index (χ2n) is 3.69. The Labute approximate surface area is 84.7 Å². The van der Waals surface area contributed by atoms with E-state index in [-0.39, 0.29) is 5.91 Å². The highest BCUT2D eigenvalue weighted by molar-refractivity contribution is 5.86. The molecule has 0 aliphatic heterocycles. The number of carboxylic acid groups (broad SMARTS) is 1. The summed E-state index contributed by atoms with van der Waals surface area (Å²) in [6, 6.07) is 0. The molecule has 4 heteroatoms. The van der Waals surface area contributed by atoms with Crippen LogP contribution in [-0.2, 0) is 9.59 Å². The summed E-state index contributed by atoms with van der Waals surface area (Å²) in [4.78, 5) is 22.2. The lowest BCUT2D eigenvalue weighted by Gasteiger charge is -2.25. The summed E-state index contributed by atoms with van der Waals surface area (Å²) >= 11 is 0.